The predicted molar refractivity (Wildman–Crippen MR) is 235 cm³/mol. The monoisotopic (exact) mass is 930 g/mol. The number of cyclic esters (lactones) is 1. The average molecular weight is 930 g/mol. The summed E-state index contributed by atoms with van der Waals surface area (Å²) in [5.74, 6) is -3.31. The maximum atomic E-state index is 13.8. The second kappa shape index (κ2) is 24.8. The molecule has 0 amide bonds. The van der Waals surface area contributed by atoms with E-state index >= 15 is 0 Å². The number of carbonyl (C=O) groups is 3. The van der Waals surface area contributed by atoms with Gasteiger partial charge in [0.05, 0.1) is 55.2 Å². The third-order valence-electron chi connectivity index (χ3n) is 13.7. The van der Waals surface area contributed by atoms with E-state index in [1.807, 2.05) is 19.9 Å². The second-order valence-corrected chi connectivity index (χ2v) is 19.1. The first-order valence-corrected chi connectivity index (χ1v) is 23.2. The van der Waals surface area contributed by atoms with Crippen LogP contribution in [0.15, 0.2) is 23.8 Å². The highest BCUT2D eigenvalue weighted by molar-refractivity contribution is 5.91. The fourth-order valence-electron chi connectivity index (χ4n) is 9.72. The molecular weight excluding hydrogens is 851 g/mol. The Morgan fingerprint density at radius 1 is 0.862 bits per heavy atom. The summed E-state index contributed by atoms with van der Waals surface area (Å²) in [6.07, 6.45) is -7.61. The fraction of sp³-hybridized carbons (Fsp3) is 0.851. The molecule has 65 heavy (non-hydrogen) atoms. The minimum Gasteiger partial charge on any atom is -0.462 e. The van der Waals surface area contributed by atoms with Gasteiger partial charge in [-0.1, -0.05) is 38.5 Å². The number of aliphatic hydroxyl groups excluding tert-OH is 4. The van der Waals surface area contributed by atoms with Gasteiger partial charge in [0, 0.05) is 44.8 Å². The molecule has 21 atom stereocenters. The normalized spacial score (nSPS) is 45.4. The molecule has 3 saturated heterocycles. The third kappa shape index (κ3) is 14.2. The quantitative estimate of drug-likeness (QED) is 0.124. The van der Waals surface area contributed by atoms with E-state index in [-0.39, 0.29) is 38.1 Å². The van der Waals surface area contributed by atoms with Crippen molar-refractivity contribution in [3.8, 4) is 0 Å². The van der Waals surface area contributed by atoms with Gasteiger partial charge in [0.15, 0.2) is 24.7 Å². The van der Waals surface area contributed by atoms with E-state index < -0.39 is 140 Å². The van der Waals surface area contributed by atoms with Crippen LogP contribution in [0.25, 0.3) is 0 Å². The topological polar surface area (TPSA) is 239 Å². The zero-order valence-corrected chi connectivity index (χ0v) is 40.4. The Morgan fingerprint density at radius 3 is 2.12 bits per heavy atom. The molecule has 4 aliphatic rings. The number of esters is 1. The van der Waals surface area contributed by atoms with E-state index in [0.717, 1.165) is 6.29 Å². The van der Waals surface area contributed by atoms with E-state index in [9.17, 15) is 39.9 Å². The smallest absolute Gasteiger partial charge is 0.308 e. The molecule has 0 spiro atoms. The van der Waals surface area contributed by atoms with Crippen molar-refractivity contribution in [2.24, 2.45) is 23.7 Å². The third-order valence-corrected chi connectivity index (χ3v) is 13.7. The van der Waals surface area contributed by atoms with E-state index in [4.69, 9.17) is 42.6 Å². The van der Waals surface area contributed by atoms with Crippen molar-refractivity contribution in [3.63, 3.8) is 0 Å². The molecule has 0 aromatic rings. The number of hydrogen-bond donors (Lipinski definition) is 5. The SMILES string of the molecule is CC[C@H]1OC(=O)C[C@@H](O)[C@H](C)[C@@H](O[C@@H]2O[C@H](C)[C@@H](O[C@H]3C[C@@](C)(O)[C@@H](O)[C@H](C)O3)[C@H](N(C)C)[C@H]2O)[C@@H](CCC=O)C[C@@H](C)C(=O)/C=C/C(C)=C/[C@@H]1CO[C@@H]1O[C@H](C)[C@@H](O)[C@@H](OC)[C@H]1OC. The number of hydrogen-bond acceptors (Lipinski definition) is 18. The maximum absolute atomic E-state index is 13.8. The lowest BCUT2D eigenvalue weighted by Gasteiger charge is -2.50. The minimum atomic E-state index is -1.49. The Labute approximate surface area is 384 Å². The van der Waals surface area contributed by atoms with Gasteiger partial charge >= 0.3 is 5.97 Å². The molecular formula is C47H79NO17. The summed E-state index contributed by atoms with van der Waals surface area (Å²) in [5, 5.41) is 56.0. The van der Waals surface area contributed by atoms with Crippen molar-refractivity contribution in [3.05, 3.63) is 23.8 Å². The van der Waals surface area contributed by atoms with E-state index in [2.05, 4.69) is 0 Å². The number of nitrogens with zero attached hydrogens (tertiary/aromatic N) is 1. The summed E-state index contributed by atoms with van der Waals surface area (Å²) in [5.41, 5.74) is -0.791. The van der Waals surface area contributed by atoms with Gasteiger partial charge in [-0.25, -0.2) is 0 Å². The van der Waals surface area contributed by atoms with Gasteiger partial charge in [-0.15, -0.1) is 0 Å². The molecule has 0 aromatic carbocycles. The Morgan fingerprint density at radius 2 is 1.52 bits per heavy atom. The highest BCUT2D eigenvalue weighted by Crippen LogP contribution is 2.38. The lowest BCUT2D eigenvalue weighted by molar-refractivity contribution is -0.342. The summed E-state index contributed by atoms with van der Waals surface area (Å²) in [6, 6.07) is -0.736. The molecule has 4 aliphatic heterocycles. The van der Waals surface area contributed by atoms with Gasteiger partial charge < -0.3 is 77.9 Å². The lowest BCUT2D eigenvalue weighted by atomic mass is 9.79. The first kappa shape index (κ1) is 55.3. The predicted octanol–water partition coefficient (Wildman–Crippen LogP) is 2.22. The molecule has 0 aliphatic carbocycles. The molecule has 18 heteroatoms. The van der Waals surface area contributed by atoms with Gasteiger partial charge in [-0.05, 0) is 80.0 Å². The average Bonchev–Trinajstić information content (AvgIpc) is 3.24. The van der Waals surface area contributed by atoms with Gasteiger partial charge in [-0.2, -0.15) is 0 Å². The number of ketones is 1. The summed E-state index contributed by atoms with van der Waals surface area (Å²) in [6.45, 7) is 13.8. The van der Waals surface area contributed by atoms with Crippen LogP contribution in [0.2, 0.25) is 0 Å². The molecule has 4 heterocycles. The Hall–Kier alpha value is -2.27. The van der Waals surface area contributed by atoms with E-state index in [1.54, 1.807) is 59.7 Å². The van der Waals surface area contributed by atoms with Gasteiger partial charge in [-0.3, -0.25) is 9.59 Å². The molecule has 0 bridgehead atoms. The van der Waals surface area contributed by atoms with Crippen molar-refractivity contribution in [1.82, 2.24) is 4.90 Å². The highest BCUT2D eigenvalue weighted by atomic mass is 16.7. The molecule has 5 N–H and O–H groups in total. The van der Waals surface area contributed by atoms with Crippen LogP contribution in [0.3, 0.4) is 0 Å². The largest absolute Gasteiger partial charge is 0.462 e. The van der Waals surface area contributed by atoms with Gasteiger partial charge in [0.25, 0.3) is 0 Å². The van der Waals surface area contributed by atoms with Crippen molar-refractivity contribution >= 4 is 18.0 Å². The second-order valence-electron chi connectivity index (χ2n) is 19.1. The number of rotatable bonds is 14. The standard InChI is InChI=1S/C47H79NO17/c1-13-34-31(23-59-46-43(58-12)42(57-11)38(53)27(5)61-46)19-24(2)16-17-32(50)25(3)20-30(15-14-18-49)40(26(4)33(51)21-35(52)63-34)65-45-39(54)37(48(9)10)41(28(6)62-45)64-36-22-47(8,56)44(55)29(7)60-36/h16-19,25-31,33-34,36-46,51,53-56H,13-15,20-23H2,1-12H3/b17-16+,24-19+/t25-,26+,27-,28-,29+,30+,31-,33-,34-,36+,37-,38-,39-,40-,41-,42-,43-,44+,45+,46-,47-/m1/s1. The fourth-order valence-corrected chi connectivity index (χ4v) is 9.72. The Balaban J connectivity index is 1.63. The maximum Gasteiger partial charge on any atom is 0.308 e. The summed E-state index contributed by atoms with van der Waals surface area (Å²) >= 11 is 0. The van der Waals surface area contributed by atoms with E-state index in [1.165, 1.54) is 27.2 Å². The number of carbonyl (C=O) groups excluding carboxylic acids is 3. The number of aldehydes is 1. The molecule has 3 fully saturated rings. The molecule has 0 aromatic heterocycles. The number of likely N-dealkylation sites (N-methyl/N-ethyl adjacent to an activating group) is 1. The molecule has 374 valence electrons. The van der Waals surface area contributed by atoms with Crippen LogP contribution in [0.5, 0.6) is 0 Å². The number of methoxy groups -OCH3 is 2. The summed E-state index contributed by atoms with van der Waals surface area (Å²) < 4.78 is 54.9. The lowest BCUT2D eigenvalue weighted by Crippen LogP contribution is -2.65. The van der Waals surface area contributed by atoms with Crippen LogP contribution in [-0.2, 0) is 57.0 Å². The zero-order valence-electron chi connectivity index (χ0n) is 40.4. The van der Waals surface area contributed by atoms with Crippen LogP contribution in [0.1, 0.15) is 93.9 Å². The summed E-state index contributed by atoms with van der Waals surface area (Å²) in [4.78, 5) is 41.3. The first-order valence-electron chi connectivity index (χ1n) is 23.2. The van der Waals surface area contributed by atoms with Crippen LogP contribution in [-0.4, -0.2) is 187 Å². The number of ether oxygens (including phenoxy) is 9. The van der Waals surface area contributed by atoms with Gasteiger partial charge in [0.1, 0.15) is 49.0 Å². The van der Waals surface area contributed by atoms with Crippen molar-refractivity contribution < 1.29 is 82.5 Å². The van der Waals surface area contributed by atoms with E-state index in [0.29, 0.717) is 12.0 Å². The van der Waals surface area contributed by atoms with Crippen molar-refractivity contribution in [2.45, 2.75) is 198 Å². The Kier molecular flexibility index (Phi) is 21.1. The summed E-state index contributed by atoms with van der Waals surface area (Å²) in [7, 11) is 6.46. The molecule has 0 radical (unpaired) electrons. The van der Waals surface area contributed by atoms with Crippen LogP contribution < -0.4 is 0 Å². The molecule has 0 unspecified atom stereocenters. The van der Waals surface area contributed by atoms with Crippen molar-refractivity contribution in [2.75, 3.05) is 34.9 Å². The molecule has 4 rings (SSSR count). The minimum absolute atomic E-state index is 0.00288. The first-order chi connectivity index (χ1) is 30.6. The van der Waals surface area contributed by atoms with Crippen LogP contribution in [0.4, 0.5) is 0 Å². The number of aliphatic hydroxyl groups is 5. The van der Waals surface area contributed by atoms with Gasteiger partial charge in [0.2, 0.25) is 0 Å². The number of allylic oxidation sites excluding steroid dienone is 3. The molecule has 18 nitrogen and oxygen atoms in total. The van der Waals surface area contributed by atoms with Crippen LogP contribution >= 0.6 is 0 Å². The Bertz CT molecular complexity index is 1580. The van der Waals surface area contributed by atoms with Crippen molar-refractivity contribution in [1.29, 1.82) is 0 Å². The van der Waals surface area contributed by atoms with Crippen LogP contribution in [0, 0.1) is 23.7 Å². The molecule has 0 saturated carbocycles. The highest BCUT2D eigenvalue weighted by Gasteiger charge is 2.52. The zero-order chi connectivity index (χ0) is 48.5.